The number of hydrogen-bond acceptors (Lipinski definition) is 5. The van der Waals surface area contributed by atoms with Crippen molar-refractivity contribution >= 4 is 33.6 Å². The molecule has 1 saturated heterocycles. The number of hydrazine groups is 1. The second-order valence-electron chi connectivity index (χ2n) is 9.10. The quantitative estimate of drug-likeness (QED) is 0.478. The number of nitrogens with zero attached hydrogens (tertiary/aromatic N) is 3. The molecule has 1 aliphatic heterocycles. The van der Waals surface area contributed by atoms with Gasteiger partial charge in [0.2, 0.25) is 10.0 Å². The first kappa shape index (κ1) is 25.4. The molecule has 2 aliphatic rings. The summed E-state index contributed by atoms with van der Waals surface area (Å²) in [6.45, 7) is 1.49. The van der Waals surface area contributed by atoms with Gasteiger partial charge in [-0.3, -0.25) is 10.2 Å². The first-order chi connectivity index (χ1) is 16.6. The molecule has 2 atom stereocenters. The lowest BCUT2D eigenvalue weighted by molar-refractivity contribution is 0.0941. The molecule has 2 aromatic rings. The number of benzene rings is 1. The zero-order valence-corrected chi connectivity index (χ0v) is 20.8. The van der Waals surface area contributed by atoms with Gasteiger partial charge in [0, 0.05) is 37.9 Å². The summed E-state index contributed by atoms with van der Waals surface area (Å²) in [6.07, 6.45) is 7.08. The van der Waals surface area contributed by atoms with Crippen LogP contribution in [-0.4, -0.2) is 59.7 Å². The predicted octanol–water partition coefficient (Wildman–Crippen LogP) is 2.42. The van der Waals surface area contributed by atoms with Gasteiger partial charge in [-0.05, 0) is 50.2 Å². The van der Waals surface area contributed by atoms with Crippen molar-refractivity contribution in [1.82, 2.24) is 30.0 Å². The van der Waals surface area contributed by atoms with Crippen LogP contribution in [0, 0.1) is 11.7 Å². The van der Waals surface area contributed by atoms with Crippen LogP contribution in [0.15, 0.2) is 24.7 Å². The monoisotopic (exact) mass is 526 g/mol. The van der Waals surface area contributed by atoms with Gasteiger partial charge >= 0.3 is 6.03 Å². The third-order valence-electron chi connectivity index (χ3n) is 6.31. The third kappa shape index (κ3) is 6.30. The number of sulfonamides is 1. The average molecular weight is 527 g/mol. The van der Waals surface area contributed by atoms with E-state index in [9.17, 15) is 22.4 Å². The summed E-state index contributed by atoms with van der Waals surface area (Å²) in [5.41, 5.74) is 2.56. The Morgan fingerprint density at radius 1 is 1.23 bits per heavy atom. The Bertz CT molecular complexity index is 1210. The maximum Gasteiger partial charge on any atom is 0.317 e. The number of halogens is 2. The molecule has 3 amide bonds. The van der Waals surface area contributed by atoms with E-state index < -0.39 is 27.3 Å². The molecule has 0 radical (unpaired) electrons. The van der Waals surface area contributed by atoms with Crippen molar-refractivity contribution < 1.29 is 22.4 Å². The summed E-state index contributed by atoms with van der Waals surface area (Å²) < 4.78 is 41.3. The predicted molar refractivity (Wildman–Crippen MR) is 128 cm³/mol. The Labute approximate surface area is 208 Å². The molecule has 0 spiro atoms. The summed E-state index contributed by atoms with van der Waals surface area (Å²) in [7, 11) is -2.13. The number of carbonyl (C=O) groups is 2. The van der Waals surface area contributed by atoms with Gasteiger partial charge in [0.15, 0.2) is 5.82 Å². The van der Waals surface area contributed by atoms with Crippen molar-refractivity contribution in [2.75, 3.05) is 18.8 Å². The Morgan fingerprint density at radius 3 is 2.66 bits per heavy atom. The second kappa shape index (κ2) is 10.5. The smallest absolute Gasteiger partial charge is 0.317 e. The lowest BCUT2D eigenvalue weighted by atomic mass is 10.1. The number of hydrogen-bond donors (Lipinski definition) is 3. The Morgan fingerprint density at radius 2 is 1.97 bits per heavy atom. The van der Waals surface area contributed by atoms with E-state index in [4.69, 9.17) is 11.6 Å². The molecular weight excluding hydrogens is 499 g/mol. The molecule has 0 bridgehead atoms. The van der Waals surface area contributed by atoms with Crippen LogP contribution in [-0.2, 0) is 17.1 Å². The highest BCUT2D eigenvalue weighted by molar-refractivity contribution is 7.89. The molecule has 1 aromatic carbocycles. The molecule has 13 heteroatoms. The van der Waals surface area contributed by atoms with Gasteiger partial charge in [-0.25, -0.2) is 22.6 Å². The van der Waals surface area contributed by atoms with E-state index in [1.165, 1.54) is 12.1 Å². The molecule has 2 heterocycles. The number of nitrogens with one attached hydrogen (secondary N) is 3. The molecule has 1 aromatic heterocycles. The van der Waals surface area contributed by atoms with Gasteiger partial charge in [0.05, 0.1) is 28.4 Å². The van der Waals surface area contributed by atoms with Crippen LogP contribution in [0.4, 0.5) is 9.18 Å². The average Bonchev–Trinajstić information content (AvgIpc) is 3.56. The van der Waals surface area contributed by atoms with Gasteiger partial charge < -0.3 is 14.8 Å². The maximum absolute atomic E-state index is 14.5. The zero-order valence-electron chi connectivity index (χ0n) is 19.3. The Kier molecular flexibility index (Phi) is 7.62. The fourth-order valence-corrected chi connectivity index (χ4v) is 6.03. The first-order valence-electron chi connectivity index (χ1n) is 11.4. The number of imidazole rings is 1. The van der Waals surface area contributed by atoms with Gasteiger partial charge in [-0.1, -0.05) is 11.6 Å². The highest BCUT2D eigenvalue weighted by Crippen LogP contribution is 2.28. The van der Waals surface area contributed by atoms with E-state index in [0.717, 1.165) is 25.9 Å². The largest absolute Gasteiger partial charge is 0.340 e. The molecule has 3 N–H and O–H groups in total. The summed E-state index contributed by atoms with van der Waals surface area (Å²) in [4.78, 5) is 32.8. The van der Waals surface area contributed by atoms with E-state index in [2.05, 4.69) is 15.7 Å². The lowest BCUT2D eigenvalue weighted by Crippen LogP contribution is -2.44. The minimum absolute atomic E-state index is 0.0801. The number of amides is 3. The zero-order chi connectivity index (χ0) is 25.2. The van der Waals surface area contributed by atoms with E-state index >= 15 is 0 Å². The van der Waals surface area contributed by atoms with Crippen molar-refractivity contribution in [3.05, 3.63) is 41.1 Å². The lowest BCUT2D eigenvalue weighted by Gasteiger charge is -2.20. The summed E-state index contributed by atoms with van der Waals surface area (Å²) in [5.74, 6) is -2.34. The molecule has 35 heavy (non-hydrogen) atoms. The van der Waals surface area contributed by atoms with Crippen LogP contribution < -0.4 is 15.6 Å². The normalized spacial score (nSPS) is 20.3. The fourth-order valence-electron chi connectivity index (χ4n) is 4.55. The molecular formula is C22H28ClFN6O4S. The number of rotatable bonds is 7. The molecule has 1 saturated carbocycles. The summed E-state index contributed by atoms with van der Waals surface area (Å²) in [5, 5.41) is 2.70. The minimum atomic E-state index is -3.89. The van der Waals surface area contributed by atoms with Crippen LogP contribution in [0.2, 0.25) is 5.02 Å². The van der Waals surface area contributed by atoms with Gasteiger partial charge in [0.25, 0.3) is 5.91 Å². The van der Waals surface area contributed by atoms with Crippen molar-refractivity contribution in [2.45, 2.75) is 38.1 Å². The number of likely N-dealkylation sites (tertiary alicyclic amines) is 1. The Hall–Kier alpha value is -2.70. The summed E-state index contributed by atoms with van der Waals surface area (Å²) >= 11 is 5.95. The van der Waals surface area contributed by atoms with E-state index in [1.54, 1.807) is 29.0 Å². The number of urea groups is 1. The number of carbonyl (C=O) groups excluding carboxylic acids is 2. The van der Waals surface area contributed by atoms with E-state index in [1.807, 2.05) is 4.83 Å². The fraction of sp³-hybridized carbons (Fsp3) is 0.500. The van der Waals surface area contributed by atoms with Crippen LogP contribution in [0.25, 0.3) is 11.3 Å². The van der Waals surface area contributed by atoms with Gasteiger partial charge in [0.1, 0.15) is 0 Å². The minimum Gasteiger partial charge on any atom is -0.340 e. The summed E-state index contributed by atoms with van der Waals surface area (Å²) in [6, 6.07) is 2.43. The van der Waals surface area contributed by atoms with Crippen LogP contribution in [0.1, 0.15) is 42.5 Å². The standard InChI is InChI=1S/C22H28ClFN6O4S/c1-29-11-19(25-13-29)15-9-17(20(24)18(23)10-15)21(31)27-28-35(33,34)12-14-4-5-16(8-14)26-22(32)30-6-2-3-7-30/h9-11,13-14,16,28H,2-8,12H2,1H3,(H,26,32)(H,27,31). The molecule has 2 unspecified atom stereocenters. The van der Waals surface area contributed by atoms with Crippen molar-refractivity contribution in [1.29, 1.82) is 0 Å². The maximum atomic E-state index is 14.5. The van der Waals surface area contributed by atoms with Crippen molar-refractivity contribution in [2.24, 2.45) is 13.0 Å². The molecule has 4 rings (SSSR count). The molecule has 1 aliphatic carbocycles. The first-order valence-corrected chi connectivity index (χ1v) is 13.5. The van der Waals surface area contributed by atoms with Crippen molar-refractivity contribution in [3.63, 3.8) is 0 Å². The van der Waals surface area contributed by atoms with Crippen LogP contribution in [0.5, 0.6) is 0 Å². The van der Waals surface area contributed by atoms with Gasteiger partial charge in [-0.15, -0.1) is 4.83 Å². The number of aryl methyl sites for hydroxylation is 1. The molecule has 10 nitrogen and oxygen atoms in total. The molecule has 2 fully saturated rings. The SMILES string of the molecule is Cn1cnc(-c2cc(Cl)c(F)c(C(=O)NNS(=O)(=O)CC3CCC(NC(=O)N4CCCC4)C3)c2)c1. The topological polar surface area (TPSA) is 125 Å². The molecule has 190 valence electrons. The van der Waals surface area contributed by atoms with Crippen molar-refractivity contribution in [3.8, 4) is 11.3 Å². The highest BCUT2D eigenvalue weighted by atomic mass is 35.5. The van der Waals surface area contributed by atoms with Crippen LogP contribution >= 0.6 is 11.6 Å². The van der Waals surface area contributed by atoms with E-state index in [-0.39, 0.29) is 28.8 Å². The number of aromatic nitrogens is 2. The van der Waals surface area contributed by atoms with Gasteiger partial charge in [-0.2, -0.15) is 0 Å². The highest BCUT2D eigenvalue weighted by Gasteiger charge is 2.31. The van der Waals surface area contributed by atoms with E-state index in [0.29, 0.717) is 30.5 Å². The third-order valence-corrected chi connectivity index (χ3v) is 7.91. The van der Waals surface area contributed by atoms with Crippen LogP contribution in [0.3, 0.4) is 0 Å². The second-order valence-corrected chi connectivity index (χ2v) is 11.3. The Balaban J connectivity index is 1.32.